The van der Waals surface area contributed by atoms with Gasteiger partial charge in [-0.15, -0.1) is 0 Å². The summed E-state index contributed by atoms with van der Waals surface area (Å²) in [4.78, 5) is 11.9. The minimum absolute atomic E-state index is 0.0376. The Morgan fingerprint density at radius 2 is 2.00 bits per heavy atom. The zero-order valence-corrected chi connectivity index (χ0v) is 15.2. The third kappa shape index (κ3) is 4.20. The second kappa shape index (κ2) is 8.19. The molecule has 0 saturated heterocycles. The first-order valence-corrected chi connectivity index (χ1v) is 8.78. The molecule has 2 N–H and O–H groups in total. The minimum Gasteiger partial charge on any atom is -0.455 e. The molecular formula is C21H16N4O4. The maximum absolute atomic E-state index is 11.9. The Bertz CT molecular complexity index is 1110. The molecule has 144 valence electrons. The zero-order valence-electron chi connectivity index (χ0n) is 15.2. The van der Waals surface area contributed by atoms with Gasteiger partial charge >= 0.3 is 0 Å². The molecule has 8 nitrogen and oxygen atoms in total. The summed E-state index contributed by atoms with van der Waals surface area (Å²) in [6.07, 6.45) is 1.40. The number of amides is 1. The summed E-state index contributed by atoms with van der Waals surface area (Å²) in [7, 11) is 0. The molecule has 1 amide bonds. The fraction of sp³-hybridized carbons (Fsp3) is 0.0952. The fourth-order valence-electron chi connectivity index (χ4n) is 2.76. The van der Waals surface area contributed by atoms with Gasteiger partial charge in [-0.05, 0) is 36.4 Å². The third-order valence-electron chi connectivity index (χ3n) is 4.15. The van der Waals surface area contributed by atoms with Crippen LogP contribution >= 0.6 is 0 Å². The predicted octanol–water partition coefficient (Wildman–Crippen LogP) is 3.11. The standard InChI is InChI=1S/C21H16N4O4/c22-10-14-3-1-2-4-17(14)18-8-6-16(29-18)11-24-25-21(26)12-23-15-5-7-19-20(9-15)28-13-27-19/h1-9,11,23H,12-13H2,(H,25,26)/b24-11-. The van der Waals surface area contributed by atoms with Gasteiger partial charge < -0.3 is 19.2 Å². The minimum atomic E-state index is -0.319. The van der Waals surface area contributed by atoms with E-state index in [2.05, 4.69) is 21.9 Å². The van der Waals surface area contributed by atoms with Crippen molar-refractivity contribution in [1.82, 2.24) is 5.43 Å². The van der Waals surface area contributed by atoms with E-state index in [9.17, 15) is 10.1 Å². The van der Waals surface area contributed by atoms with Gasteiger partial charge in [0, 0.05) is 17.3 Å². The number of nitriles is 1. The molecule has 0 radical (unpaired) electrons. The lowest BCUT2D eigenvalue weighted by atomic mass is 10.1. The van der Waals surface area contributed by atoms with Gasteiger partial charge in [0.2, 0.25) is 6.79 Å². The van der Waals surface area contributed by atoms with Gasteiger partial charge in [-0.2, -0.15) is 10.4 Å². The molecule has 0 fully saturated rings. The smallest absolute Gasteiger partial charge is 0.259 e. The molecule has 29 heavy (non-hydrogen) atoms. The number of benzene rings is 2. The second-order valence-electron chi connectivity index (χ2n) is 6.07. The number of hydrazone groups is 1. The average molecular weight is 388 g/mol. The number of nitrogens with one attached hydrogen (secondary N) is 2. The number of nitrogens with zero attached hydrogens (tertiary/aromatic N) is 2. The Hall–Kier alpha value is -4.25. The molecule has 1 aliphatic rings. The largest absolute Gasteiger partial charge is 0.455 e. The van der Waals surface area contributed by atoms with Crippen molar-refractivity contribution in [3.05, 3.63) is 65.9 Å². The molecule has 8 heteroatoms. The third-order valence-corrected chi connectivity index (χ3v) is 4.15. The van der Waals surface area contributed by atoms with Crippen LogP contribution in [0.15, 0.2) is 64.1 Å². The summed E-state index contributed by atoms with van der Waals surface area (Å²) in [5.41, 5.74) is 4.38. The molecule has 2 aromatic carbocycles. The highest BCUT2D eigenvalue weighted by Crippen LogP contribution is 2.34. The van der Waals surface area contributed by atoms with Crippen LogP contribution in [-0.2, 0) is 4.79 Å². The van der Waals surface area contributed by atoms with Crippen LogP contribution in [0.1, 0.15) is 11.3 Å². The topological polar surface area (TPSA) is 109 Å². The van der Waals surface area contributed by atoms with Crippen molar-refractivity contribution < 1.29 is 18.7 Å². The van der Waals surface area contributed by atoms with E-state index in [4.69, 9.17) is 13.9 Å². The number of ether oxygens (including phenoxy) is 2. The Balaban J connectivity index is 1.31. The van der Waals surface area contributed by atoms with Crippen LogP contribution in [0.25, 0.3) is 11.3 Å². The van der Waals surface area contributed by atoms with Crippen LogP contribution in [0.5, 0.6) is 11.5 Å². The van der Waals surface area contributed by atoms with E-state index in [1.807, 2.05) is 12.1 Å². The summed E-state index contributed by atoms with van der Waals surface area (Å²) in [6.45, 7) is 0.237. The molecule has 0 bridgehead atoms. The van der Waals surface area contributed by atoms with E-state index < -0.39 is 0 Å². The molecule has 0 atom stereocenters. The number of anilines is 1. The van der Waals surface area contributed by atoms with Gasteiger partial charge in [0.05, 0.1) is 24.4 Å². The SMILES string of the molecule is N#Cc1ccccc1-c1ccc(/C=N\NC(=O)CNc2ccc3c(c2)OCO3)o1. The number of carbonyl (C=O) groups excluding carboxylic acids is 1. The summed E-state index contributed by atoms with van der Waals surface area (Å²) < 4.78 is 16.2. The van der Waals surface area contributed by atoms with E-state index in [1.54, 1.807) is 42.5 Å². The van der Waals surface area contributed by atoms with E-state index in [-0.39, 0.29) is 19.2 Å². The molecule has 0 aliphatic carbocycles. The van der Waals surface area contributed by atoms with Crippen molar-refractivity contribution in [2.24, 2.45) is 5.10 Å². The monoisotopic (exact) mass is 388 g/mol. The second-order valence-corrected chi connectivity index (χ2v) is 6.07. The highest BCUT2D eigenvalue weighted by atomic mass is 16.7. The summed E-state index contributed by atoms with van der Waals surface area (Å²) in [6, 6.07) is 18.1. The van der Waals surface area contributed by atoms with Crippen molar-refractivity contribution >= 4 is 17.8 Å². The maximum Gasteiger partial charge on any atom is 0.259 e. The van der Waals surface area contributed by atoms with Crippen LogP contribution < -0.4 is 20.2 Å². The Morgan fingerprint density at radius 3 is 2.90 bits per heavy atom. The summed E-state index contributed by atoms with van der Waals surface area (Å²) in [5, 5.41) is 16.1. The first-order chi connectivity index (χ1) is 14.2. The number of carbonyl (C=O) groups is 1. The first kappa shape index (κ1) is 18.1. The van der Waals surface area contributed by atoms with E-state index in [0.717, 1.165) is 5.69 Å². The van der Waals surface area contributed by atoms with Crippen molar-refractivity contribution in [1.29, 1.82) is 5.26 Å². The number of rotatable bonds is 6. The normalized spacial score (nSPS) is 12.0. The van der Waals surface area contributed by atoms with E-state index >= 15 is 0 Å². The highest BCUT2D eigenvalue weighted by molar-refractivity contribution is 5.83. The molecule has 1 aromatic heterocycles. The maximum atomic E-state index is 11.9. The van der Waals surface area contributed by atoms with Gasteiger partial charge in [-0.1, -0.05) is 12.1 Å². The van der Waals surface area contributed by atoms with Crippen molar-refractivity contribution in [3.8, 4) is 28.9 Å². The molecular weight excluding hydrogens is 372 g/mol. The van der Waals surface area contributed by atoms with E-state index in [1.165, 1.54) is 6.21 Å². The molecule has 3 aromatic rings. The zero-order chi connectivity index (χ0) is 20.1. The van der Waals surface area contributed by atoms with Gasteiger partial charge in [0.25, 0.3) is 5.91 Å². The number of furan rings is 1. The predicted molar refractivity (Wildman–Crippen MR) is 106 cm³/mol. The Labute approximate surface area is 166 Å². The Morgan fingerprint density at radius 1 is 1.14 bits per heavy atom. The summed E-state index contributed by atoms with van der Waals surface area (Å²) in [5.74, 6) is 2.01. The van der Waals surface area contributed by atoms with Crippen LogP contribution in [0, 0.1) is 11.3 Å². The van der Waals surface area contributed by atoms with E-state index in [0.29, 0.717) is 34.1 Å². The van der Waals surface area contributed by atoms with Gasteiger partial charge in [0.1, 0.15) is 11.5 Å². The highest BCUT2D eigenvalue weighted by Gasteiger charge is 2.13. The van der Waals surface area contributed by atoms with Crippen molar-refractivity contribution in [2.75, 3.05) is 18.7 Å². The van der Waals surface area contributed by atoms with Crippen molar-refractivity contribution in [2.45, 2.75) is 0 Å². The molecule has 4 rings (SSSR count). The molecule has 2 heterocycles. The molecule has 0 spiro atoms. The Kier molecular flexibility index (Phi) is 5.12. The summed E-state index contributed by atoms with van der Waals surface area (Å²) >= 11 is 0. The average Bonchev–Trinajstić information content (AvgIpc) is 3.41. The lowest BCUT2D eigenvalue weighted by Gasteiger charge is -2.06. The first-order valence-electron chi connectivity index (χ1n) is 8.78. The van der Waals surface area contributed by atoms with Crippen LogP contribution in [0.2, 0.25) is 0 Å². The number of hydrogen-bond donors (Lipinski definition) is 2. The van der Waals surface area contributed by atoms with Gasteiger partial charge in [-0.3, -0.25) is 4.79 Å². The van der Waals surface area contributed by atoms with Crippen LogP contribution in [0.3, 0.4) is 0 Å². The number of hydrogen-bond acceptors (Lipinski definition) is 7. The number of fused-ring (bicyclic) bond motifs is 1. The molecule has 1 aliphatic heterocycles. The van der Waals surface area contributed by atoms with Crippen LogP contribution in [-0.4, -0.2) is 25.5 Å². The van der Waals surface area contributed by atoms with Crippen LogP contribution in [0.4, 0.5) is 5.69 Å². The lowest BCUT2D eigenvalue weighted by molar-refractivity contribution is -0.119. The molecule has 0 unspecified atom stereocenters. The van der Waals surface area contributed by atoms with Crippen molar-refractivity contribution in [3.63, 3.8) is 0 Å². The lowest BCUT2D eigenvalue weighted by Crippen LogP contribution is -2.25. The van der Waals surface area contributed by atoms with Gasteiger partial charge in [-0.25, -0.2) is 5.43 Å². The fourth-order valence-corrected chi connectivity index (χ4v) is 2.76. The quantitative estimate of drug-likeness (QED) is 0.496. The molecule has 0 saturated carbocycles. The van der Waals surface area contributed by atoms with Gasteiger partial charge in [0.15, 0.2) is 11.5 Å².